The van der Waals surface area contributed by atoms with Gasteiger partial charge in [0.1, 0.15) is 6.04 Å². The van der Waals surface area contributed by atoms with Gasteiger partial charge in [0.25, 0.3) is 11.8 Å². The molecule has 3 aliphatic rings. The van der Waals surface area contributed by atoms with E-state index in [4.69, 9.17) is 0 Å². The monoisotopic (exact) mass is 595 g/mol. The number of tetrazole rings is 1. The third-order valence-electron chi connectivity index (χ3n) is 9.75. The van der Waals surface area contributed by atoms with Crippen LogP contribution in [0.2, 0.25) is 0 Å². The smallest absolute Gasteiger partial charge is 0.251 e. The number of nitrogens with zero attached hydrogens (tertiary/aromatic N) is 5. The van der Waals surface area contributed by atoms with Crippen LogP contribution in [0.3, 0.4) is 0 Å². The number of aromatic amines is 1. The highest BCUT2D eigenvalue weighted by atomic mass is 16.2. The van der Waals surface area contributed by atoms with Crippen molar-refractivity contribution in [1.29, 1.82) is 5.26 Å². The maximum absolute atomic E-state index is 13.3. The Kier molecular flexibility index (Phi) is 7.90. The zero-order chi connectivity index (χ0) is 30.9. The topological polar surface area (TPSA) is 169 Å². The van der Waals surface area contributed by atoms with Gasteiger partial charge in [0.05, 0.1) is 18.0 Å². The number of H-pyrrole nitrogens is 1. The molecule has 4 N–H and O–H groups in total. The Morgan fingerprint density at radius 2 is 1.64 bits per heavy atom. The number of carbonyl (C=O) groups is 3. The Balaban J connectivity index is 1.48. The van der Waals surface area contributed by atoms with Gasteiger partial charge < -0.3 is 20.9 Å². The molecule has 12 heteroatoms. The van der Waals surface area contributed by atoms with Crippen molar-refractivity contribution >= 4 is 17.7 Å². The Labute approximate surface area is 256 Å². The van der Waals surface area contributed by atoms with E-state index < -0.39 is 11.0 Å². The van der Waals surface area contributed by atoms with Gasteiger partial charge in [-0.2, -0.15) is 10.5 Å². The maximum Gasteiger partial charge on any atom is 0.251 e. The number of amides is 3. The Bertz CT molecular complexity index is 1560. The molecule has 0 radical (unpaired) electrons. The normalized spacial score (nSPS) is 19.5. The number of hydrogen-bond donors (Lipinski definition) is 4. The third-order valence-corrected chi connectivity index (χ3v) is 9.75. The van der Waals surface area contributed by atoms with Crippen LogP contribution in [0.15, 0.2) is 36.4 Å². The molecule has 3 aromatic rings. The van der Waals surface area contributed by atoms with Crippen molar-refractivity contribution in [1.82, 2.24) is 41.5 Å². The molecule has 44 heavy (non-hydrogen) atoms. The lowest BCUT2D eigenvalue weighted by Crippen LogP contribution is -2.58. The predicted octanol–water partition coefficient (Wildman–Crippen LogP) is 1.77. The minimum absolute atomic E-state index is 0.0685. The van der Waals surface area contributed by atoms with E-state index in [0.29, 0.717) is 49.2 Å². The Morgan fingerprint density at radius 3 is 2.14 bits per heavy atom. The van der Waals surface area contributed by atoms with Gasteiger partial charge in [0.2, 0.25) is 5.91 Å². The van der Waals surface area contributed by atoms with E-state index >= 15 is 0 Å². The Hall–Kier alpha value is -4.63. The molecule has 1 aromatic heterocycles. The highest BCUT2D eigenvalue weighted by Crippen LogP contribution is 2.52. The van der Waals surface area contributed by atoms with Crippen molar-refractivity contribution < 1.29 is 14.4 Å². The van der Waals surface area contributed by atoms with Crippen molar-refractivity contribution in [3.63, 3.8) is 0 Å². The second-order valence-corrected chi connectivity index (χ2v) is 12.1. The molecule has 1 atom stereocenters. The average molecular weight is 596 g/mol. The fourth-order valence-corrected chi connectivity index (χ4v) is 7.36. The highest BCUT2D eigenvalue weighted by molar-refractivity contribution is 5.95. The van der Waals surface area contributed by atoms with Gasteiger partial charge in [-0.1, -0.05) is 17.3 Å². The molecule has 2 fully saturated rings. The van der Waals surface area contributed by atoms with E-state index in [1.807, 2.05) is 36.4 Å². The van der Waals surface area contributed by atoms with Gasteiger partial charge in [-0.05, 0) is 97.9 Å². The number of benzene rings is 2. The van der Waals surface area contributed by atoms with Crippen molar-refractivity contribution in [3.05, 3.63) is 75.6 Å². The summed E-state index contributed by atoms with van der Waals surface area (Å²) in [5.74, 6) is 0.0801. The van der Waals surface area contributed by atoms with Crippen LogP contribution in [-0.2, 0) is 23.1 Å². The molecule has 2 heterocycles. The van der Waals surface area contributed by atoms with Gasteiger partial charge in [-0.3, -0.25) is 14.4 Å². The van der Waals surface area contributed by atoms with E-state index in [1.165, 1.54) is 0 Å². The summed E-state index contributed by atoms with van der Waals surface area (Å²) in [6.07, 6.45) is 6.06. The summed E-state index contributed by atoms with van der Waals surface area (Å²) in [7, 11) is 3.23. The van der Waals surface area contributed by atoms with Crippen LogP contribution in [0.25, 0.3) is 0 Å². The fourth-order valence-electron chi connectivity index (χ4n) is 7.36. The maximum atomic E-state index is 13.3. The Morgan fingerprint density at radius 1 is 1.00 bits per heavy atom. The summed E-state index contributed by atoms with van der Waals surface area (Å²) in [5, 5.41) is 34.4. The molecule has 0 spiro atoms. The van der Waals surface area contributed by atoms with Gasteiger partial charge in [-0.15, -0.1) is 10.2 Å². The zero-order valence-corrected chi connectivity index (χ0v) is 25.1. The van der Waals surface area contributed by atoms with Crippen molar-refractivity contribution in [3.8, 4) is 6.07 Å². The molecule has 2 aliphatic carbocycles. The summed E-state index contributed by atoms with van der Waals surface area (Å²) in [6.45, 7) is 0.728. The number of fused-ring (bicyclic) bond motifs is 2. The van der Waals surface area contributed by atoms with Gasteiger partial charge in [-0.25, -0.2) is 0 Å². The summed E-state index contributed by atoms with van der Waals surface area (Å²) < 4.78 is 0. The second kappa shape index (κ2) is 11.8. The van der Waals surface area contributed by atoms with E-state index in [2.05, 4.69) is 42.6 Å². The third kappa shape index (κ3) is 5.01. The SMILES string of the molecule is CNC(=O)c1ccc2c(c1)CCc1cc(C(=O)NC)ccc1C2(CC1(NCC(=O)N2CCCC2C#N)CCC1)c1nn[nH]n1. The van der Waals surface area contributed by atoms with Crippen LogP contribution in [0, 0.1) is 11.3 Å². The minimum atomic E-state index is -0.893. The molecular weight excluding hydrogens is 558 g/mol. The molecule has 6 rings (SSSR count). The van der Waals surface area contributed by atoms with Crippen molar-refractivity contribution in [2.45, 2.75) is 68.4 Å². The van der Waals surface area contributed by atoms with Gasteiger partial charge in [0.15, 0.2) is 5.82 Å². The number of hydrogen-bond acceptors (Lipinski definition) is 8. The molecule has 0 bridgehead atoms. The second-order valence-electron chi connectivity index (χ2n) is 12.1. The van der Waals surface area contributed by atoms with E-state index in [1.54, 1.807) is 19.0 Å². The fraction of sp³-hybridized carbons (Fsp3) is 0.469. The first-order chi connectivity index (χ1) is 21.3. The standard InChI is InChI=1S/C32H37N9O3/c1-34-28(43)22-8-10-25-20(15-22)6-7-21-16-23(29(44)35-2)9-11-26(21)32(25,30-37-39-40-38-30)19-31(12-4-13-31)36-18-27(42)41-14-3-5-24(41)17-33/h8-11,15-16,24,36H,3-7,12-14,18-19H2,1-2H3,(H,34,43)(H,35,44)(H,37,38,39,40). The number of nitriles is 1. The minimum Gasteiger partial charge on any atom is -0.355 e. The van der Waals surface area contributed by atoms with Gasteiger partial charge in [0, 0.05) is 37.3 Å². The van der Waals surface area contributed by atoms with Crippen LogP contribution in [0.4, 0.5) is 0 Å². The van der Waals surface area contributed by atoms with Crippen molar-refractivity contribution in [2.24, 2.45) is 0 Å². The summed E-state index contributed by atoms with van der Waals surface area (Å²) >= 11 is 0. The number of carbonyl (C=O) groups excluding carboxylic acids is 3. The lowest BCUT2D eigenvalue weighted by atomic mass is 9.60. The largest absolute Gasteiger partial charge is 0.355 e. The summed E-state index contributed by atoms with van der Waals surface area (Å²) in [4.78, 5) is 40.3. The van der Waals surface area contributed by atoms with E-state index in [0.717, 1.165) is 47.9 Å². The molecule has 1 unspecified atom stereocenters. The summed E-state index contributed by atoms with van der Waals surface area (Å²) in [5.41, 5.74) is 3.74. The average Bonchev–Trinajstić information content (AvgIpc) is 3.73. The predicted molar refractivity (Wildman–Crippen MR) is 161 cm³/mol. The quantitative estimate of drug-likeness (QED) is 0.305. The van der Waals surface area contributed by atoms with Crippen LogP contribution >= 0.6 is 0 Å². The van der Waals surface area contributed by atoms with E-state index in [9.17, 15) is 19.6 Å². The van der Waals surface area contributed by atoms with Gasteiger partial charge >= 0.3 is 0 Å². The zero-order valence-electron chi connectivity index (χ0n) is 25.1. The molecule has 12 nitrogen and oxygen atoms in total. The molecular formula is C32H37N9O3. The first-order valence-electron chi connectivity index (χ1n) is 15.2. The van der Waals surface area contributed by atoms with Crippen LogP contribution in [0.5, 0.6) is 0 Å². The highest BCUT2D eigenvalue weighted by Gasteiger charge is 2.52. The first kappa shape index (κ1) is 29.4. The lowest BCUT2D eigenvalue weighted by molar-refractivity contribution is -0.130. The number of likely N-dealkylation sites (tertiary alicyclic amines) is 1. The molecule has 1 aliphatic heterocycles. The van der Waals surface area contributed by atoms with Crippen LogP contribution in [0.1, 0.15) is 87.3 Å². The molecule has 1 saturated heterocycles. The van der Waals surface area contributed by atoms with Crippen LogP contribution in [-0.4, -0.2) is 82.0 Å². The number of aromatic nitrogens is 4. The lowest BCUT2D eigenvalue weighted by Gasteiger charge is -2.49. The molecule has 3 amide bonds. The first-order valence-corrected chi connectivity index (χ1v) is 15.2. The number of rotatable bonds is 8. The molecule has 2 aromatic carbocycles. The molecule has 228 valence electrons. The van der Waals surface area contributed by atoms with Crippen molar-refractivity contribution in [2.75, 3.05) is 27.2 Å². The van der Waals surface area contributed by atoms with Crippen LogP contribution < -0.4 is 16.0 Å². The molecule has 1 saturated carbocycles. The number of aryl methyl sites for hydroxylation is 2. The number of nitrogens with one attached hydrogen (secondary N) is 4. The summed E-state index contributed by atoms with van der Waals surface area (Å²) in [6, 6.07) is 13.4. The van der Waals surface area contributed by atoms with E-state index in [-0.39, 0.29) is 30.3 Å².